The van der Waals surface area contributed by atoms with Crippen molar-refractivity contribution in [3.8, 4) is 11.5 Å². The number of nitro groups is 1. The van der Waals surface area contributed by atoms with Crippen LogP contribution in [0.15, 0.2) is 60.6 Å². The highest BCUT2D eigenvalue weighted by Gasteiger charge is 2.18. The van der Waals surface area contributed by atoms with E-state index in [0.717, 1.165) is 6.20 Å². The summed E-state index contributed by atoms with van der Waals surface area (Å²) in [4.78, 5) is 34.5. The van der Waals surface area contributed by atoms with Gasteiger partial charge in [-0.2, -0.15) is 0 Å². The first-order valence-corrected chi connectivity index (χ1v) is 7.69. The van der Waals surface area contributed by atoms with Crippen molar-refractivity contribution < 1.29 is 24.0 Å². The normalized spacial score (nSPS) is 10.7. The SMILES string of the molecule is COc1ccc(C(=O)NC=C(NC(=O)c2ccc(OC)cc2)[N+](=O)[O-])cc1. The number of nitrogens with zero attached hydrogens (tertiary/aromatic N) is 1. The van der Waals surface area contributed by atoms with Crippen LogP contribution < -0.4 is 20.1 Å². The summed E-state index contributed by atoms with van der Waals surface area (Å²) in [6.07, 6.45) is 0.827. The molecule has 0 radical (unpaired) electrons. The monoisotopic (exact) mass is 371 g/mol. The molecule has 0 aliphatic rings. The minimum Gasteiger partial charge on any atom is -0.497 e. The van der Waals surface area contributed by atoms with Gasteiger partial charge >= 0.3 is 11.7 Å². The second-order valence-electron chi connectivity index (χ2n) is 5.17. The maximum Gasteiger partial charge on any atom is 0.339 e. The van der Waals surface area contributed by atoms with Gasteiger partial charge in [-0.25, -0.2) is 10.1 Å². The number of carbonyl (C=O) groups is 2. The molecule has 0 unspecified atom stereocenters. The topological polar surface area (TPSA) is 120 Å². The van der Waals surface area contributed by atoms with Crippen LogP contribution in [0.25, 0.3) is 0 Å². The maximum absolute atomic E-state index is 12.1. The number of ether oxygens (including phenoxy) is 2. The third-order valence-electron chi connectivity index (χ3n) is 3.48. The fraction of sp³-hybridized carbons (Fsp3) is 0.111. The van der Waals surface area contributed by atoms with Gasteiger partial charge in [0.15, 0.2) is 0 Å². The summed E-state index contributed by atoms with van der Waals surface area (Å²) in [5, 5.41) is 15.6. The molecule has 0 heterocycles. The van der Waals surface area contributed by atoms with Gasteiger partial charge in [0, 0.05) is 5.56 Å². The number of carbonyl (C=O) groups excluding carboxylic acids is 2. The minimum atomic E-state index is -0.810. The number of amides is 2. The van der Waals surface area contributed by atoms with E-state index >= 15 is 0 Å². The first-order chi connectivity index (χ1) is 12.9. The Morgan fingerprint density at radius 3 is 1.74 bits per heavy atom. The smallest absolute Gasteiger partial charge is 0.339 e. The zero-order valence-electron chi connectivity index (χ0n) is 14.6. The van der Waals surface area contributed by atoms with Crippen molar-refractivity contribution in [2.75, 3.05) is 14.2 Å². The van der Waals surface area contributed by atoms with Crippen LogP contribution in [-0.4, -0.2) is 31.0 Å². The number of nitrogens with one attached hydrogen (secondary N) is 2. The van der Waals surface area contributed by atoms with Gasteiger partial charge in [0.05, 0.1) is 26.0 Å². The van der Waals surface area contributed by atoms with Crippen molar-refractivity contribution in [3.63, 3.8) is 0 Å². The molecule has 9 nitrogen and oxygen atoms in total. The van der Waals surface area contributed by atoms with Crippen molar-refractivity contribution >= 4 is 11.8 Å². The predicted molar refractivity (Wildman–Crippen MR) is 96.0 cm³/mol. The molecule has 140 valence electrons. The summed E-state index contributed by atoms with van der Waals surface area (Å²) >= 11 is 0. The van der Waals surface area contributed by atoms with Gasteiger partial charge in [0.2, 0.25) is 0 Å². The third kappa shape index (κ3) is 5.30. The summed E-state index contributed by atoms with van der Waals surface area (Å²) in [6.45, 7) is 0. The molecule has 0 saturated heterocycles. The molecule has 0 bridgehead atoms. The lowest BCUT2D eigenvalue weighted by molar-refractivity contribution is -0.430. The van der Waals surface area contributed by atoms with Crippen molar-refractivity contribution in [1.29, 1.82) is 0 Å². The van der Waals surface area contributed by atoms with Gasteiger partial charge in [-0.15, -0.1) is 0 Å². The van der Waals surface area contributed by atoms with Crippen LogP contribution in [0, 0.1) is 10.1 Å². The van der Waals surface area contributed by atoms with Gasteiger partial charge in [-0.3, -0.25) is 4.79 Å². The Morgan fingerprint density at radius 1 is 0.889 bits per heavy atom. The van der Waals surface area contributed by atoms with Crippen LogP contribution in [-0.2, 0) is 0 Å². The molecule has 0 aliphatic carbocycles. The van der Waals surface area contributed by atoms with Crippen LogP contribution in [0.1, 0.15) is 20.7 Å². The minimum absolute atomic E-state index is 0.199. The average Bonchev–Trinajstić information content (AvgIpc) is 2.70. The molecule has 0 atom stereocenters. The number of rotatable bonds is 7. The number of hydrogen-bond donors (Lipinski definition) is 2. The van der Waals surface area contributed by atoms with Gasteiger partial charge in [-0.05, 0) is 53.5 Å². The van der Waals surface area contributed by atoms with Crippen LogP contribution >= 0.6 is 0 Å². The summed E-state index contributed by atoms with van der Waals surface area (Å²) < 4.78 is 9.97. The van der Waals surface area contributed by atoms with Crippen LogP contribution in [0.5, 0.6) is 11.5 Å². The standard InChI is InChI=1S/C18H17N3O6/c1-26-14-7-3-12(4-8-14)17(22)19-11-16(21(24)25)20-18(23)13-5-9-15(27-2)10-6-13/h3-11H,1-2H3,(H,19,22)(H,20,23). The van der Waals surface area contributed by atoms with Crippen molar-refractivity contribution in [1.82, 2.24) is 10.6 Å². The average molecular weight is 371 g/mol. The molecule has 2 aromatic rings. The molecule has 0 saturated carbocycles. The van der Waals surface area contributed by atoms with Crippen molar-refractivity contribution in [2.45, 2.75) is 0 Å². The van der Waals surface area contributed by atoms with E-state index < -0.39 is 22.6 Å². The van der Waals surface area contributed by atoms with E-state index in [4.69, 9.17) is 9.47 Å². The van der Waals surface area contributed by atoms with Gasteiger partial charge in [0.1, 0.15) is 11.5 Å². The highest BCUT2D eigenvalue weighted by molar-refractivity contribution is 5.96. The van der Waals surface area contributed by atoms with Crippen LogP contribution in [0.2, 0.25) is 0 Å². The molecule has 2 amide bonds. The Hall–Kier alpha value is -3.88. The molecule has 9 heteroatoms. The molecule has 2 rings (SSSR count). The highest BCUT2D eigenvalue weighted by Crippen LogP contribution is 2.12. The number of methoxy groups -OCH3 is 2. The second kappa shape index (κ2) is 8.99. The second-order valence-corrected chi connectivity index (χ2v) is 5.17. The molecule has 0 aliphatic heterocycles. The van der Waals surface area contributed by atoms with E-state index in [1.165, 1.54) is 38.5 Å². The Kier molecular flexibility index (Phi) is 6.48. The van der Waals surface area contributed by atoms with Crippen LogP contribution in [0.3, 0.4) is 0 Å². The quantitative estimate of drug-likeness (QED) is 0.567. The van der Waals surface area contributed by atoms with E-state index in [9.17, 15) is 19.7 Å². The molecule has 2 N–H and O–H groups in total. The largest absolute Gasteiger partial charge is 0.497 e. The molecule has 27 heavy (non-hydrogen) atoms. The molecule has 0 fully saturated rings. The zero-order valence-corrected chi connectivity index (χ0v) is 14.6. The number of hydrogen-bond acceptors (Lipinski definition) is 6. The molecule has 0 spiro atoms. The molecular formula is C18H17N3O6. The van der Waals surface area contributed by atoms with E-state index in [0.29, 0.717) is 11.5 Å². The van der Waals surface area contributed by atoms with Crippen molar-refractivity contribution in [3.05, 3.63) is 81.8 Å². The summed E-state index contributed by atoms with van der Waals surface area (Å²) in [7, 11) is 2.97. The first-order valence-electron chi connectivity index (χ1n) is 7.69. The fourth-order valence-electron chi connectivity index (χ4n) is 2.02. The predicted octanol–water partition coefficient (Wildman–Crippen LogP) is 1.94. The Bertz CT molecular complexity index is 860. The molecular weight excluding hydrogens is 354 g/mol. The summed E-state index contributed by atoms with van der Waals surface area (Å²) in [6, 6.07) is 12.2. The van der Waals surface area contributed by atoms with Gasteiger partial charge in [-0.1, -0.05) is 0 Å². The third-order valence-corrected chi connectivity index (χ3v) is 3.48. The van der Waals surface area contributed by atoms with Gasteiger partial charge < -0.3 is 24.9 Å². The lowest BCUT2D eigenvalue weighted by Crippen LogP contribution is -2.30. The molecule has 2 aromatic carbocycles. The lowest BCUT2D eigenvalue weighted by Gasteiger charge is -2.05. The first kappa shape index (κ1) is 19.4. The summed E-state index contributed by atoms with van der Waals surface area (Å²) in [5.74, 6) is -0.823. The van der Waals surface area contributed by atoms with Gasteiger partial charge in [0.25, 0.3) is 5.91 Å². The maximum atomic E-state index is 12.1. The zero-order chi connectivity index (χ0) is 19.8. The van der Waals surface area contributed by atoms with Crippen molar-refractivity contribution in [2.24, 2.45) is 0 Å². The van der Waals surface area contributed by atoms with E-state index in [1.807, 2.05) is 0 Å². The van der Waals surface area contributed by atoms with E-state index in [-0.39, 0.29) is 11.1 Å². The lowest BCUT2D eigenvalue weighted by atomic mass is 10.2. The highest BCUT2D eigenvalue weighted by atomic mass is 16.6. The number of benzene rings is 2. The molecule has 0 aromatic heterocycles. The Morgan fingerprint density at radius 2 is 1.33 bits per heavy atom. The fourth-order valence-corrected chi connectivity index (χ4v) is 2.02. The van der Waals surface area contributed by atoms with E-state index in [1.54, 1.807) is 24.3 Å². The Labute approximate surface area is 154 Å². The summed E-state index contributed by atoms with van der Waals surface area (Å²) in [5.41, 5.74) is 0.473. The van der Waals surface area contributed by atoms with Crippen LogP contribution in [0.4, 0.5) is 0 Å². The Balaban J connectivity index is 2.07. The van der Waals surface area contributed by atoms with E-state index in [2.05, 4.69) is 10.6 Å².